The molecule has 0 radical (unpaired) electrons. The van der Waals surface area contributed by atoms with Gasteiger partial charge in [0.1, 0.15) is 41.1 Å². The lowest BCUT2D eigenvalue weighted by Gasteiger charge is -2.38. The van der Waals surface area contributed by atoms with Crippen molar-refractivity contribution in [3.8, 4) is 6.01 Å². The fourth-order valence-electron chi connectivity index (χ4n) is 7.52. The average Bonchev–Trinajstić information content (AvgIpc) is 3.80. The van der Waals surface area contributed by atoms with Gasteiger partial charge in [-0.1, -0.05) is 36.7 Å². The highest BCUT2D eigenvalue weighted by atomic mass is 35.5. The molecular weight excluding hydrogens is 702 g/mol. The van der Waals surface area contributed by atoms with Gasteiger partial charge in [-0.15, -0.1) is 0 Å². The molecule has 4 atom stereocenters. The lowest BCUT2D eigenvalue weighted by molar-refractivity contribution is -0.156. The number of fused-ring (bicyclic) bond motifs is 4. The highest BCUT2D eigenvalue weighted by Gasteiger charge is 2.44. The third kappa shape index (κ3) is 7.34. The van der Waals surface area contributed by atoms with Gasteiger partial charge in [0.2, 0.25) is 5.91 Å². The van der Waals surface area contributed by atoms with E-state index in [0.717, 1.165) is 5.52 Å². The van der Waals surface area contributed by atoms with Crippen LogP contribution in [0.15, 0.2) is 46.9 Å². The van der Waals surface area contributed by atoms with Gasteiger partial charge in [0.25, 0.3) is 6.01 Å². The Labute approximate surface area is 311 Å². The van der Waals surface area contributed by atoms with E-state index in [9.17, 15) is 19.5 Å². The molecule has 2 saturated heterocycles. The number of nitrogens with two attached hydrogens (primary N) is 1. The number of hydrogen-bond acceptors (Lipinski definition) is 11. The molecule has 280 valence electrons. The van der Waals surface area contributed by atoms with E-state index in [1.165, 1.54) is 0 Å². The number of benzene rings is 2. The summed E-state index contributed by atoms with van der Waals surface area (Å²) >= 11 is 6.84. The third-order valence-corrected chi connectivity index (χ3v) is 10.1. The zero-order valence-corrected chi connectivity index (χ0v) is 31.0. The molecule has 3 N–H and O–H groups in total. The second-order valence-corrected chi connectivity index (χ2v) is 15.3. The molecule has 2 aliphatic heterocycles. The molecule has 14 nitrogen and oxygen atoms in total. The van der Waals surface area contributed by atoms with E-state index in [1.807, 2.05) is 45.9 Å². The molecule has 0 spiro atoms. The summed E-state index contributed by atoms with van der Waals surface area (Å²) in [6, 6.07) is 12.3. The topological polar surface area (TPSA) is 179 Å². The summed E-state index contributed by atoms with van der Waals surface area (Å²) in [4.78, 5) is 56.5. The van der Waals surface area contributed by atoms with Crippen LogP contribution in [0.4, 0.5) is 5.82 Å². The molecule has 5 heterocycles. The molecule has 7 rings (SSSR count). The Hall–Kier alpha value is -4.95. The fraction of sp³-hybridized carbons (Fsp3) is 0.474. The molecule has 2 aromatic carbocycles. The van der Waals surface area contributed by atoms with Crippen molar-refractivity contribution in [3.05, 3.63) is 53.3 Å². The van der Waals surface area contributed by atoms with Gasteiger partial charge in [-0.25, -0.2) is 14.8 Å². The molecule has 3 aromatic heterocycles. The van der Waals surface area contributed by atoms with Crippen molar-refractivity contribution in [2.24, 2.45) is 11.7 Å². The van der Waals surface area contributed by atoms with E-state index in [4.69, 9.17) is 36.2 Å². The molecule has 5 aromatic rings. The van der Waals surface area contributed by atoms with E-state index in [1.54, 1.807) is 31.7 Å². The first-order chi connectivity index (χ1) is 25.3. The van der Waals surface area contributed by atoms with Crippen molar-refractivity contribution < 1.29 is 33.4 Å². The van der Waals surface area contributed by atoms with Crippen LogP contribution in [0.1, 0.15) is 65.2 Å². The van der Waals surface area contributed by atoms with Crippen LogP contribution in [-0.4, -0.2) is 91.3 Å². The van der Waals surface area contributed by atoms with Gasteiger partial charge in [-0.05, 0) is 70.3 Å². The second-order valence-electron chi connectivity index (χ2n) is 14.9. The standard InChI is InChI=1S/C38H44ClN7O7/c1-21-19-44(30(47)13-8-15-40)16-14-26(21)46-33-24(39)10-7-11-25(33)41-37(46)51-22-17-27(36(50)53-38(2,3)4)45(20-22)35-34-32(42-29(43-35)18-31(48)49)23-9-5-6-12-28(23)52-34/h5-7,9-12,21-22,26-27H,8,13-20,40H2,1-4H3,(H,48,49)/t21-,22-,26+,27-/m0/s1. The molecule has 2 aliphatic rings. The quantitative estimate of drug-likeness (QED) is 0.171. The van der Waals surface area contributed by atoms with E-state index < -0.39 is 36.1 Å². The minimum atomic E-state index is -1.09. The van der Waals surface area contributed by atoms with Gasteiger partial charge >= 0.3 is 11.9 Å². The summed E-state index contributed by atoms with van der Waals surface area (Å²) in [5, 5.41) is 10.9. The van der Waals surface area contributed by atoms with Gasteiger partial charge in [0.15, 0.2) is 11.4 Å². The third-order valence-electron chi connectivity index (χ3n) is 9.81. The zero-order valence-electron chi connectivity index (χ0n) is 30.3. The lowest BCUT2D eigenvalue weighted by Crippen LogP contribution is -2.43. The minimum Gasteiger partial charge on any atom is -0.481 e. The Balaban J connectivity index is 1.27. The normalized spacial score (nSPS) is 20.8. The number of furan rings is 1. The van der Waals surface area contributed by atoms with Crippen LogP contribution in [0, 0.1) is 5.92 Å². The number of nitrogens with zero attached hydrogens (tertiary/aromatic N) is 6. The van der Waals surface area contributed by atoms with Gasteiger partial charge < -0.3 is 34.5 Å². The van der Waals surface area contributed by atoms with Gasteiger partial charge in [0.05, 0.1) is 22.6 Å². The number of piperidine rings is 1. The Morgan fingerprint density at radius 2 is 1.87 bits per heavy atom. The van der Waals surface area contributed by atoms with Crippen LogP contribution in [0.2, 0.25) is 5.02 Å². The van der Waals surface area contributed by atoms with Crippen LogP contribution < -0.4 is 15.4 Å². The first-order valence-electron chi connectivity index (χ1n) is 18.0. The predicted molar refractivity (Wildman–Crippen MR) is 199 cm³/mol. The number of para-hydroxylation sites is 2. The van der Waals surface area contributed by atoms with Gasteiger partial charge in [-0.2, -0.15) is 4.98 Å². The maximum absolute atomic E-state index is 13.9. The van der Waals surface area contributed by atoms with Crippen LogP contribution in [0.3, 0.4) is 0 Å². The molecular formula is C38H44ClN7O7. The summed E-state index contributed by atoms with van der Waals surface area (Å²) < 4.78 is 21.0. The van der Waals surface area contributed by atoms with Crippen molar-refractivity contribution in [1.82, 2.24) is 24.4 Å². The second kappa shape index (κ2) is 14.5. The molecule has 53 heavy (non-hydrogen) atoms. The number of hydrogen-bond donors (Lipinski definition) is 2. The lowest BCUT2D eigenvalue weighted by atomic mass is 9.93. The summed E-state index contributed by atoms with van der Waals surface area (Å²) in [6.07, 6.45) is 0.949. The SMILES string of the molecule is C[C@H]1CN(C(=O)CCCN)CC[C@H]1n1c(O[C@H]2C[C@@H](C(=O)OC(C)(C)C)N(c3nc(CC(=O)O)nc4c3oc3ccccc34)C2)nc2cccc(Cl)c21. The van der Waals surface area contributed by atoms with Crippen molar-refractivity contribution >= 4 is 68.4 Å². The molecule has 15 heteroatoms. The van der Waals surface area contributed by atoms with E-state index >= 15 is 0 Å². The Kier molecular flexibility index (Phi) is 9.94. The number of imidazole rings is 1. The van der Waals surface area contributed by atoms with Crippen molar-refractivity contribution in [3.63, 3.8) is 0 Å². The van der Waals surface area contributed by atoms with Crippen molar-refractivity contribution in [2.45, 2.75) is 83.6 Å². The number of halogens is 1. The van der Waals surface area contributed by atoms with Gasteiger partial charge in [0, 0.05) is 37.4 Å². The Morgan fingerprint density at radius 3 is 2.60 bits per heavy atom. The first kappa shape index (κ1) is 36.4. The summed E-state index contributed by atoms with van der Waals surface area (Å²) in [5.74, 6) is -1.07. The van der Waals surface area contributed by atoms with Crippen molar-refractivity contribution in [1.29, 1.82) is 0 Å². The van der Waals surface area contributed by atoms with Crippen LogP contribution in [0.5, 0.6) is 6.01 Å². The average molecular weight is 746 g/mol. The molecule has 0 aliphatic carbocycles. The molecule has 1 amide bonds. The van der Waals surface area contributed by atoms with Crippen LogP contribution in [0.25, 0.3) is 33.1 Å². The smallest absolute Gasteiger partial charge is 0.329 e. The van der Waals surface area contributed by atoms with E-state index in [2.05, 4.69) is 16.9 Å². The van der Waals surface area contributed by atoms with E-state index in [0.29, 0.717) is 77.5 Å². The number of likely N-dealkylation sites (tertiary alicyclic amines) is 1. The first-order valence-corrected chi connectivity index (χ1v) is 18.4. The number of carboxylic acid groups (broad SMARTS) is 1. The van der Waals surface area contributed by atoms with Crippen LogP contribution >= 0.6 is 11.6 Å². The summed E-state index contributed by atoms with van der Waals surface area (Å²) in [5.41, 5.74) is 7.62. The number of carbonyl (C=O) groups excluding carboxylic acids is 2. The Morgan fingerprint density at radius 1 is 1.08 bits per heavy atom. The number of amides is 1. The number of esters is 1. The number of carbonyl (C=O) groups is 3. The molecule has 2 fully saturated rings. The monoisotopic (exact) mass is 745 g/mol. The number of ether oxygens (including phenoxy) is 2. The van der Waals surface area contributed by atoms with E-state index in [-0.39, 0.29) is 42.5 Å². The molecule has 0 saturated carbocycles. The number of aromatic nitrogens is 4. The molecule has 0 unspecified atom stereocenters. The summed E-state index contributed by atoms with van der Waals surface area (Å²) in [7, 11) is 0. The number of rotatable bonds is 10. The number of anilines is 1. The highest BCUT2D eigenvalue weighted by molar-refractivity contribution is 6.35. The predicted octanol–water partition coefficient (Wildman–Crippen LogP) is 5.52. The minimum absolute atomic E-state index is 0.0474. The maximum Gasteiger partial charge on any atom is 0.329 e. The summed E-state index contributed by atoms with van der Waals surface area (Å²) in [6.45, 7) is 9.29. The van der Waals surface area contributed by atoms with Crippen molar-refractivity contribution in [2.75, 3.05) is 31.1 Å². The van der Waals surface area contributed by atoms with Crippen LogP contribution in [-0.2, 0) is 25.5 Å². The van der Waals surface area contributed by atoms with Gasteiger partial charge in [-0.3, -0.25) is 14.2 Å². The number of carboxylic acids is 1. The zero-order chi connectivity index (χ0) is 37.6. The Bertz CT molecular complexity index is 2190. The largest absolute Gasteiger partial charge is 0.481 e. The maximum atomic E-state index is 13.9. The molecule has 0 bridgehead atoms. The highest BCUT2D eigenvalue weighted by Crippen LogP contribution is 2.41. The number of aliphatic carboxylic acids is 1. The fourth-order valence-corrected chi connectivity index (χ4v) is 7.78.